The number of nitrogens with zero attached hydrogens (tertiary/aromatic N) is 1. The Morgan fingerprint density at radius 2 is 1.61 bits per heavy atom. The molecule has 0 aliphatic carbocycles. The van der Waals surface area contributed by atoms with Crippen LogP contribution in [-0.2, 0) is 0 Å². The molecule has 4 heteroatoms. The van der Waals surface area contributed by atoms with Gasteiger partial charge in [0, 0.05) is 32.8 Å². The lowest BCUT2D eigenvalue weighted by Gasteiger charge is -2.21. The number of benzene rings is 1. The lowest BCUT2D eigenvalue weighted by Crippen LogP contribution is -2.03. The van der Waals surface area contributed by atoms with E-state index in [4.69, 9.17) is 23.2 Å². The monoisotopic (exact) mass is 343 g/mol. The van der Waals surface area contributed by atoms with E-state index in [-0.39, 0.29) is 10.7 Å². The van der Waals surface area contributed by atoms with Gasteiger partial charge < -0.3 is 0 Å². The van der Waals surface area contributed by atoms with Crippen molar-refractivity contribution in [2.24, 2.45) is 0 Å². The number of hydrogen-bond donors (Lipinski definition) is 0. The number of hydrogen-bond acceptors (Lipinski definition) is 1. The Hall–Kier alpha value is -0.570. The van der Waals surface area contributed by atoms with Crippen LogP contribution >= 0.6 is 39.1 Å². The average molecular weight is 345 g/mol. The third kappa shape index (κ3) is 2.87. The van der Waals surface area contributed by atoms with Gasteiger partial charge >= 0.3 is 0 Å². The van der Waals surface area contributed by atoms with E-state index >= 15 is 0 Å². The van der Waals surface area contributed by atoms with Crippen LogP contribution in [0.1, 0.15) is 28.8 Å². The van der Waals surface area contributed by atoms with Gasteiger partial charge in [-0.15, -0.1) is 0 Å². The predicted molar refractivity (Wildman–Crippen MR) is 80.8 cm³/mol. The Balaban J connectivity index is 2.34. The molecule has 0 N–H and O–H groups in total. The summed E-state index contributed by atoms with van der Waals surface area (Å²) >= 11 is 16.2. The van der Waals surface area contributed by atoms with Gasteiger partial charge in [-0.2, -0.15) is 0 Å². The molecule has 18 heavy (non-hydrogen) atoms. The van der Waals surface area contributed by atoms with E-state index in [0.717, 1.165) is 5.56 Å². The van der Waals surface area contributed by atoms with Crippen molar-refractivity contribution in [2.75, 3.05) is 0 Å². The fourth-order valence-corrected chi connectivity index (χ4v) is 3.55. The van der Waals surface area contributed by atoms with Crippen molar-refractivity contribution in [2.45, 2.75) is 17.7 Å². The van der Waals surface area contributed by atoms with Crippen molar-refractivity contribution in [3.63, 3.8) is 0 Å². The largest absolute Gasteiger partial charge is 0.265 e. The Kier molecular flexibility index (Phi) is 4.66. The highest BCUT2D eigenvalue weighted by molar-refractivity contribution is 9.09. The van der Waals surface area contributed by atoms with Crippen LogP contribution in [0.25, 0.3) is 0 Å². The summed E-state index contributed by atoms with van der Waals surface area (Å²) < 4.78 is 0. The molecule has 0 saturated carbocycles. The summed E-state index contributed by atoms with van der Waals surface area (Å²) in [5.74, 6) is 0.255. The molecule has 2 atom stereocenters. The summed E-state index contributed by atoms with van der Waals surface area (Å²) in [6, 6.07) is 9.57. The molecule has 1 nitrogen and oxygen atoms in total. The third-order valence-corrected chi connectivity index (χ3v) is 4.86. The van der Waals surface area contributed by atoms with Crippen LogP contribution in [0.2, 0.25) is 10.0 Å². The van der Waals surface area contributed by atoms with Gasteiger partial charge in [0.1, 0.15) is 0 Å². The van der Waals surface area contributed by atoms with Gasteiger partial charge in [-0.25, -0.2) is 0 Å². The first-order chi connectivity index (χ1) is 8.61. The molecule has 2 rings (SSSR count). The van der Waals surface area contributed by atoms with Gasteiger partial charge in [-0.05, 0) is 35.7 Å². The van der Waals surface area contributed by atoms with Crippen molar-refractivity contribution >= 4 is 39.1 Å². The summed E-state index contributed by atoms with van der Waals surface area (Å²) in [6.45, 7) is 2.13. The normalized spacial score (nSPS) is 14.2. The second-order valence-electron chi connectivity index (χ2n) is 4.11. The van der Waals surface area contributed by atoms with Crippen molar-refractivity contribution in [3.8, 4) is 0 Å². The van der Waals surface area contributed by atoms with E-state index in [9.17, 15) is 0 Å². The third-order valence-electron chi connectivity index (χ3n) is 2.95. The van der Waals surface area contributed by atoms with Crippen LogP contribution < -0.4 is 0 Å². The van der Waals surface area contributed by atoms with Crippen molar-refractivity contribution in [1.82, 2.24) is 4.98 Å². The van der Waals surface area contributed by atoms with Crippen molar-refractivity contribution < 1.29 is 0 Å². The minimum absolute atomic E-state index is 0.0705. The lowest BCUT2D eigenvalue weighted by atomic mass is 9.94. The maximum atomic E-state index is 6.23. The first kappa shape index (κ1) is 13.9. The van der Waals surface area contributed by atoms with Gasteiger partial charge in [0.15, 0.2) is 0 Å². The summed E-state index contributed by atoms with van der Waals surface area (Å²) in [4.78, 5) is 4.10. The van der Waals surface area contributed by atoms with Crippen LogP contribution in [0.5, 0.6) is 0 Å². The summed E-state index contributed by atoms with van der Waals surface area (Å²) in [6.07, 6.45) is 3.58. The average Bonchev–Trinajstić information content (AvgIpc) is 2.38. The standard InChI is InChI=1S/C14H12BrCl2N/c1-9(10-5-7-18-8-6-10)14(15)13-11(16)3-2-4-12(13)17/h2-9,14H,1H3. The van der Waals surface area contributed by atoms with Crippen LogP contribution in [0.3, 0.4) is 0 Å². The van der Waals surface area contributed by atoms with E-state index < -0.39 is 0 Å². The molecular formula is C14H12BrCl2N. The molecule has 1 aromatic heterocycles. The van der Waals surface area contributed by atoms with Gasteiger partial charge in [-0.3, -0.25) is 4.98 Å². The second kappa shape index (κ2) is 6.05. The zero-order valence-corrected chi connectivity index (χ0v) is 12.9. The fraction of sp³-hybridized carbons (Fsp3) is 0.214. The van der Waals surface area contributed by atoms with Crippen LogP contribution in [0.4, 0.5) is 0 Å². The van der Waals surface area contributed by atoms with Crippen LogP contribution in [0, 0.1) is 0 Å². The zero-order valence-electron chi connectivity index (χ0n) is 9.78. The smallest absolute Gasteiger partial charge is 0.0490 e. The molecule has 0 aliphatic heterocycles. The highest BCUT2D eigenvalue weighted by atomic mass is 79.9. The number of pyridine rings is 1. The minimum atomic E-state index is 0.0705. The summed E-state index contributed by atoms with van der Waals surface area (Å²) in [5.41, 5.74) is 2.13. The van der Waals surface area contributed by atoms with Gasteiger partial charge in [0.05, 0.1) is 0 Å². The molecule has 0 saturated heterocycles. The topological polar surface area (TPSA) is 12.9 Å². The lowest BCUT2D eigenvalue weighted by molar-refractivity contribution is 0.750. The van der Waals surface area contributed by atoms with Gasteiger partial charge in [0.2, 0.25) is 0 Å². The zero-order chi connectivity index (χ0) is 13.1. The second-order valence-corrected chi connectivity index (χ2v) is 5.91. The van der Waals surface area contributed by atoms with Crippen molar-refractivity contribution in [3.05, 3.63) is 63.9 Å². The molecule has 0 bridgehead atoms. The Morgan fingerprint density at radius 1 is 1.06 bits per heavy atom. The fourth-order valence-electron chi connectivity index (χ4n) is 1.86. The molecule has 0 fully saturated rings. The molecule has 0 radical (unpaired) electrons. The molecule has 0 aliphatic rings. The number of aromatic nitrogens is 1. The van der Waals surface area contributed by atoms with Gasteiger partial charge in [-0.1, -0.05) is 52.1 Å². The van der Waals surface area contributed by atoms with E-state index in [1.807, 2.05) is 30.3 Å². The Morgan fingerprint density at radius 3 is 2.17 bits per heavy atom. The highest BCUT2D eigenvalue weighted by Crippen LogP contribution is 2.43. The first-order valence-corrected chi connectivity index (χ1v) is 7.26. The number of halogens is 3. The molecule has 94 valence electrons. The number of alkyl halides is 1. The quantitative estimate of drug-likeness (QED) is 0.657. The molecule has 1 aromatic carbocycles. The Labute approximate surface area is 125 Å². The maximum absolute atomic E-state index is 6.23. The molecule has 0 spiro atoms. The summed E-state index contributed by atoms with van der Waals surface area (Å²) in [5, 5.41) is 1.37. The highest BCUT2D eigenvalue weighted by Gasteiger charge is 2.22. The number of rotatable bonds is 3. The maximum Gasteiger partial charge on any atom is 0.0490 e. The molecule has 1 heterocycles. The molecule has 2 unspecified atom stereocenters. The SMILES string of the molecule is CC(c1ccncc1)C(Br)c1c(Cl)cccc1Cl. The van der Waals surface area contributed by atoms with Crippen LogP contribution in [0.15, 0.2) is 42.7 Å². The predicted octanol–water partition coefficient (Wildman–Crippen LogP) is 5.63. The Bertz CT molecular complexity index is 510. The van der Waals surface area contributed by atoms with Crippen LogP contribution in [-0.4, -0.2) is 4.98 Å². The summed E-state index contributed by atoms with van der Waals surface area (Å²) in [7, 11) is 0. The van der Waals surface area contributed by atoms with E-state index in [1.165, 1.54) is 5.56 Å². The minimum Gasteiger partial charge on any atom is -0.265 e. The molecule has 2 aromatic rings. The van der Waals surface area contributed by atoms with Gasteiger partial charge in [0.25, 0.3) is 0 Å². The first-order valence-electron chi connectivity index (χ1n) is 5.59. The van der Waals surface area contributed by atoms with Crippen molar-refractivity contribution in [1.29, 1.82) is 0 Å². The van der Waals surface area contributed by atoms with E-state index in [0.29, 0.717) is 10.0 Å². The molecular weight excluding hydrogens is 333 g/mol. The van der Waals surface area contributed by atoms with E-state index in [2.05, 4.69) is 27.8 Å². The van der Waals surface area contributed by atoms with E-state index in [1.54, 1.807) is 12.4 Å². The molecule has 0 amide bonds.